The molecule has 2 aromatic rings. The van der Waals surface area contributed by atoms with E-state index in [4.69, 9.17) is 9.47 Å². The zero-order valence-electron chi connectivity index (χ0n) is 12.3. The maximum Gasteiger partial charge on any atom is 0.359 e. The van der Waals surface area contributed by atoms with Gasteiger partial charge in [0.1, 0.15) is 17.1 Å². The molecule has 1 fully saturated rings. The number of methoxy groups -OCH3 is 2. The third-order valence-electron chi connectivity index (χ3n) is 3.96. The van der Waals surface area contributed by atoms with E-state index in [1.807, 2.05) is 22.7 Å². The smallest absolute Gasteiger partial charge is 0.359 e. The van der Waals surface area contributed by atoms with Crippen molar-refractivity contribution in [3.8, 4) is 5.75 Å². The van der Waals surface area contributed by atoms with Gasteiger partial charge in [-0.25, -0.2) is 9.78 Å². The molecular formula is C15H19N3O3. The molecule has 0 bridgehead atoms. The van der Waals surface area contributed by atoms with Crippen molar-refractivity contribution in [2.75, 3.05) is 27.3 Å². The van der Waals surface area contributed by atoms with Gasteiger partial charge in [0.25, 0.3) is 0 Å². The summed E-state index contributed by atoms with van der Waals surface area (Å²) in [5.41, 5.74) is 1.00. The first-order valence-electron chi connectivity index (χ1n) is 7.10. The fourth-order valence-electron chi connectivity index (χ4n) is 2.90. The minimum atomic E-state index is -0.433. The molecule has 112 valence electrons. The summed E-state index contributed by atoms with van der Waals surface area (Å²) in [6.45, 7) is 1.94. The van der Waals surface area contributed by atoms with Crippen molar-refractivity contribution < 1.29 is 14.3 Å². The molecule has 0 amide bonds. The number of piperidine rings is 1. The van der Waals surface area contributed by atoms with E-state index >= 15 is 0 Å². The molecular weight excluding hydrogens is 270 g/mol. The van der Waals surface area contributed by atoms with Crippen molar-refractivity contribution in [2.24, 2.45) is 0 Å². The Labute approximate surface area is 123 Å². The molecule has 0 radical (unpaired) electrons. The number of hydrogen-bond acceptors (Lipinski definition) is 5. The van der Waals surface area contributed by atoms with Crippen LogP contribution in [0.1, 0.15) is 35.1 Å². The minimum absolute atomic E-state index is 0.323. The Kier molecular flexibility index (Phi) is 3.79. The summed E-state index contributed by atoms with van der Waals surface area (Å²) >= 11 is 0. The van der Waals surface area contributed by atoms with Crippen molar-refractivity contribution in [1.29, 1.82) is 0 Å². The lowest BCUT2D eigenvalue weighted by Gasteiger charge is -2.21. The summed E-state index contributed by atoms with van der Waals surface area (Å²) in [6, 6.07) is 3.73. The van der Waals surface area contributed by atoms with Gasteiger partial charge in [0.15, 0.2) is 5.69 Å². The fourth-order valence-corrected chi connectivity index (χ4v) is 2.90. The standard InChI is InChI=1S/C15H19N3O3/c1-20-11-4-3-9-18-13(11)12(15(19)21-2)17-14(18)10-5-7-16-8-6-10/h3-4,9-10,16H,5-8H2,1-2H3. The van der Waals surface area contributed by atoms with Crippen LogP contribution in [0.3, 0.4) is 0 Å². The molecule has 6 nitrogen and oxygen atoms in total. The highest BCUT2D eigenvalue weighted by atomic mass is 16.5. The van der Waals surface area contributed by atoms with Crippen LogP contribution in [-0.4, -0.2) is 42.7 Å². The van der Waals surface area contributed by atoms with E-state index in [0.29, 0.717) is 22.9 Å². The van der Waals surface area contributed by atoms with Crippen LogP contribution in [0.4, 0.5) is 0 Å². The molecule has 1 aliphatic rings. The van der Waals surface area contributed by atoms with Crippen LogP contribution in [0.25, 0.3) is 5.52 Å². The summed E-state index contributed by atoms with van der Waals surface area (Å²) in [5.74, 6) is 1.44. The molecule has 1 aliphatic heterocycles. The molecule has 3 heterocycles. The number of aromatic nitrogens is 2. The van der Waals surface area contributed by atoms with Crippen molar-refractivity contribution in [3.05, 3.63) is 29.8 Å². The lowest BCUT2D eigenvalue weighted by molar-refractivity contribution is 0.0596. The van der Waals surface area contributed by atoms with E-state index in [0.717, 1.165) is 31.8 Å². The van der Waals surface area contributed by atoms with Gasteiger partial charge in [-0.2, -0.15) is 0 Å². The number of esters is 1. The molecule has 1 N–H and O–H groups in total. The van der Waals surface area contributed by atoms with Gasteiger partial charge in [0, 0.05) is 12.1 Å². The monoisotopic (exact) mass is 289 g/mol. The number of imidazole rings is 1. The molecule has 6 heteroatoms. The largest absolute Gasteiger partial charge is 0.494 e. The second-order valence-electron chi connectivity index (χ2n) is 5.13. The third-order valence-corrected chi connectivity index (χ3v) is 3.96. The maximum absolute atomic E-state index is 12.0. The lowest BCUT2D eigenvalue weighted by atomic mass is 9.97. The van der Waals surface area contributed by atoms with E-state index in [1.165, 1.54) is 7.11 Å². The number of rotatable bonds is 3. The summed E-state index contributed by atoms with van der Waals surface area (Å²) in [4.78, 5) is 16.6. The number of nitrogens with zero attached hydrogens (tertiary/aromatic N) is 2. The quantitative estimate of drug-likeness (QED) is 0.869. The Balaban J connectivity index is 2.19. The van der Waals surface area contributed by atoms with Gasteiger partial charge in [-0.15, -0.1) is 0 Å². The first-order valence-corrected chi connectivity index (χ1v) is 7.10. The average Bonchev–Trinajstić information content (AvgIpc) is 2.94. The average molecular weight is 289 g/mol. The summed E-state index contributed by atoms with van der Waals surface area (Å²) in [5, 5.41) is 3.34. The molecule has 0 aliphatic carbocycles. The highest BCUT2D eigenvalue weighted by Gasteiger charge is 2.26. The normalized spacial score (nSPS) is 16.1. The van der Waals surface area contributed by atoms with Crippen molar-refractivity contribution >= 4 is 11.5 Å². The second-order valence-corrected chi connectivity index (χ2v) is 5.13. The molecule has 3 rings (SSSR count). The Hall–Kier alpha value is -2.08. The third kappa shape index (κ3) is 2.35. The number of fused-ring (bicyclic) bond motifs is 1. The Morgan fingerprint density at radius 2 is 2.14 bits per heavy atom. The van der Waals surface area contributed by atoms with E-state index in [2.05, 4.69) is 10.3 Å². The van der Waals surface area contributed by atoms with Crippen LogP contribution in [0, 0.1) is 0 Å². The minimum Gasteiger partial charge on any atom is -0.494 e. The van der Waals surface area contributed by atoms with Gasteiger partial charge in [-0.3, -0.25) is 4.40 Å². The lowest BCUT2D eigenvalue weighted by Crippen LogP contribution is -2.27. The topological polar surface area (TPSA) is 64.9 Å². The number of carbonyl (C=O) groups is 1. The van der Waals surface area contributed by atoms with Crippen LogP contribution in [0.2, 0.25) is 0 Å². The van der Waals surface area contributed by atoms with Crippen LogP contribution < -0.4 is 10.1 Å². The highest BCUT2D eigenvalue weighted by molar-refractivity contribution is 5.97. The molecule has 0 spiro atoms. The number of nitrogens with one attached hydrogen (secondary N) is 1. The van der Waals surface area contributed by atoms with Gasteiger partial charge in [0.2, 0.25) is 0 Å². The van der Waals surface area contributed by atoms with E-state index < -0.39 is 5.97 Å². The summed E-state index contributed by atoms with van der Waals surface area (Å²) in [6.07, 6.45) is 3.95. The Bertz CT molecular complexity index is 659. The SMILES string of the molecule is COC(=O)c1nc(C2CCNCC2)n2cccc(OC)c12. The zero-order chi connectivity index (χ0) is 14.8. The summed E-state index contributed by atoms with van der Waals surface area (Å²) in [7, 11) is 2.96. The number of pyridine rings is 1. The van der Waals surface area contributed by atoms with Crippen LogP contribution in [0.15, 0.2) is 18.3 Å². The number of carbonyl (C=O) groups excluding carboxylic acids is 1. The fraction of sp³-hybridized carbons (Fsp3) is 0.467. The molecule has 0 aromatic carbocycles. The van der Waals surface area contributed by atoms with Crippen LogP contribution in [-0.2, 0) is 4.74 Å². The molecule has 21 heavy (non-hydrogen) atoms. The molecule has 0 atom stereocenters. The predicted molar refractivity (Wildman–Crippen MR) is 77.9 cm³/mol. The van der Waals surface area contributed by atoms with Gasteiger partial charge in [-0.1, -0.05) is 0 Å². The van der Waals surface area contributed by atoms with Gasteiger partial charge in [0.05, 0.1) is 14.2 Å². The number of ether oxygens (including phenoxy) is 2. The zero-order valence-corrected chi connectivity index (χ0v) is 12.3. The van der Waals surface area contributed by atoms with Crippen molar-refractivity contribution in [2.45, 2.75) is 18.8 Å². The first kappa shape index (κ1) is 13.9. The van der Waals surface area contributed by atoms with Gasteiger partial charge < -0.3 is 14.8 Å². The second kappa shape index (κ2) is 5.73. The highest BCUT2D eigenvalue weighted by Crippen LogP contribution is 2.31. The predicted octanol–water partition coefficient (Wildman–Crippen LogP) is 1.60. The van der Waals surface area contributed by atoms with Crippen LogP contribution in [0.5, 0.6) is 5.75 Å². The van der Waals surface area contributed by atoms with Gasteiger partial charge >= 0.3 is 5.97 Å². The van der Waals surface area contributed by atoms with Crippen molar-refractivity contribution in [1.82, 2.24) is 14.7 Å². The number of hydrogen-bond donors (Lipinski definition) is 1. The maximum atomic E-state index is 12.0. The van der Waals surface area contributed by atoms with E-state index in [1.54, 1.807) is 7.11 Å². The van der Waals surface area contributed by atoms with E-state index in [9.17, 15) is 4.79 Å². The van der Waals surface area contributed by atoms with Crippen molar-refractivity contribution in [3.63, 3.8) is 0 Å². The molecule has 0 saturated carbocycles. The van der Waals surface area contributed by atoms with Crippen LogP contribution >= 0.6 is 0 Å². The van der Waals surface area contributed by atoms with Gasteiger partial charge in [-0.05, 0) is 38.1 Å². The molecule has 0 unspecified atom stereocenters. The first-order chi connectivity index (χ1) is 10.3. The Morgan fingerprint density at radius 1 is 1.38 bits per heavy atom. The summed E-state index contributed by atoms with van der Waals surface area (Å²) < 4.78 is 12.2. The Morgan fingerprint density at radius 3 is 2.81 bits per heavy atom. The molecule has 2 aromatic heterocycles. The molecule has 1 saturated heterocycles. The van der Waals surface area contributed by atoms with E-state index in [-0.39, 0.29) is 0 Å².